The van der Waals surface area contributed by atoms with Crippen molar-refractivity contribution < 1.29 is 14.3 Å². The van der Waals surface area contributed by atoms with Crippen molar-refractivity contribution in [3.63, 3.8) is 0 Å². The maximum atomic E-state index is 11.3. The number of nitrogens with two attached hydrogens (primary N) is 1. The molecule has 0 aliphatic heterocycles. The molecule has 0 heterocycles. The van der Waals surface area contributed by atoms with Gasteiger partial charge in [-0.15, -0.1) is 0 Å². The van der Waals surface area contributed by atoms with Crippen LogP contribution in [0.5, 0.6) is 0 Å². The first kappa shape index (κ1) is 17.3. The molecule has 108 valence electrons. The highest BCUT2D eigenvalue weighted by Crippen LogP contribution is 1.96. The van der Waals surface area contributed by atoms with Crippen molar-refractivity contribution in [3.8, 4) is 0 Å². The molecule has 0 spiro atoms. The number of nitrogens with zero attached hydrogens (tertiary/aromatic N) is 1. The van der Waals surface area contributed by atoms with E-state index in [4.69, 9.17) is 15.2 Å². The maximum Gasteiger partial charge on any atom is 0.235 e. The second-order valence-corrected chi connectivity index (χ2v) is 4.15. The highest BCUT2D eigenvalue weighted by molar-refractivity contribution is 5.80. The van der Waals surface area contributed by atoms with E-state index in [2.05, 4.69) is 10.2 Å². The molecule has 1 atom stereocenters. The second-order valence-electron chi connectivity index (χ2n) is 4.15. The van der Waals surface area contributed by atoms with Gasteiger partial charge in [-0.3, -0.25) is 9.69 Å². The maximum absolute atomic E-state index is 11.3. The molecule has 1 unspecified atom stereocenters. The predicted molar refractivity (Wildman–Crippen MR) is 71.5 cm³/mol. The summed E-state index contributed by atoms with van der Waals surface area (Å²) in [5, 5.41) is 3.09. The average molecular weight is 261 g/mol. The number of rotatable bonds is 12. The molecule has 0 radical (unpaired) electrons. The second kappa shape index (κ2) is 11.4. The van der Waals surface area contributed by atoms with Gasteiger partial charge >= 0.3 is 0 Å². The van der Waals surface area contributed by atoms with Gasteiger partial charge in [-0.25, -0.2) is 0 Å². The van der Waals surface area contributed by atoms with Gasteiger partial charge in [0.15, 0.2) is 0 Å². The van der Waals surface area contributed by atoms with E-state index in [-0.39, 0.29) is 11.9 Å². The minimum absolute atomic E-state index is 0.311. The Balaban J connectivity index is 4.19. The number of hydrogen-bond donors (Lipinski definition) is 2. The van der Waals surface area contributed by atoms with Gasteiger partial charge in [0.25, 0.3) is 0 Å². The van der Waals surface area contributed by atoms with E-state index in [0.717, 1.165) is 26.1 Å². The molecule has 0 aliphatic carbocycles. The van der Waals surface area contributed by atoms with Crippen LogP contribution < -0.4 is 11.1 Å². The summed E-state index contributed by atoms with van der Waals surface area (Å²) in [6.45, 7) is 6.30. The van der Waals surface area contributed by atoms with Gasteiger partial charge in [-0.2, -0.15) is 0 Å². The lowest BCUT2D eigenvalue weighted by Gasteiger charge is -2.26. The molecule has 0 aromatic rings. The number of likely N-dealkylation sites (N-methyl/N-ethyl adjacent to an activating group) is 1. The summed E-state index contributed by atoms with van der Waals surface area (Å²) in [4.78, 5) is 13.5. The lowest BCUT2D eigenvalue weighted by molar-refractivity contribution is -0.120. The molecule has 6 nitrogen and oxygen atoms in total. The Bertz CT molecular complexity index is 215. The summed E-state index contributed by atoms with van der Waals surface area (Å²) in [6, 6.07) is -0.311. The average Bonchev–Trinajstić information content (AvgIpc) is 2.34. The van der Waals surface area contributed by atoms with Crippen LogP contribution >= 0.6 is 0 Å². The van der Waals surface area contributed by atoms with E-state index in [1.54, 1.807) is 14.2 Å². The number of methoxy groups -OCH3 is 2. The molecule has 3 N–H and O–H groups in total. The summed E-state index contributed by atoms with van der Waals surface area (Å²) < 4.78 is 10.1. The van der Waals surface area contributed by atoms with Crippen molar-refractivity contribution in [3.05, 3.63) is 0 Å². The summed E-state index contributed by atoms with van der Waals surface area (Å²) >= 11 is 0. The van der Waals surface area contributed by atoms with Crippen LogP contribution in [0.25, 0.3) is 0 Å². The third-order valence-corrected chi connectivity index (χ3v) is 2.67. The van der Waals surface area contributed by atoms with Crippen molar-refractivity contribution in [2.45, 2.75) is 19.4 Å². The zero-order valence-electron chi connectivity index (χ0n) is 11.8. The number of primary amides is 1. The quantitative estimate of drug-likeness (QED) is 0.460. The normalized spacial score (nSPS) is 12.9. The summed E-state index contributed by atoms with van der Waals surface area (Å²) in [6.07, 6.45) is 0.928. The van der Waals surface area contributed by atoms with E-state index in [9.17, 15) is 4.79 Å². The largest absolute Gasteiger partial charge is 0.385 e. The minimum atomic E-state index is -0.314. The molecule has 6 heteroatoms. The van der Waals surface area contributed by atoms with E-state index in [0.29, 0.717) is 19.8 Å². The number of nitrogens with one attached hydrogen (secondary N) is 1. The van der Waals surface area contributed by atoms with Crippen LogP contribution in [-0.2, 0) is 14.3 Å². The fourth-order valence-corrected chi connectivity index (χ4v) is 1.71. The molecule has 0 saturated heterocycles. The summed E-state index contributed by atoms with van der Waals surface area (Å²) in [5.74, 6) is -0.314. The Morgan fingerprint density at radius 2 is 1.94 bits per heavy atom. The topological polar surface area (TPSA) is 76.8 Å². The van der Waals surface area contributed by atoms with Crippen molar-refractivity contribution >= 4 is 5.91 Å². The van der Waals surface area contributed by atoms with Crippen LogP contribution in [-0.4, -0.2) is 70.5 Å². The summed E-state index contributed by atoms with van der Waals surface area (Å²) in [7, 11) is 3.35. The number of hydrogen-bond acceptors (Lipinski definition) is 5. The molecule has 0 bridgehead atoms. The van der Waals surface area contributed by atoms with Crippen LogP contribution in [0.4, 0.5) is 0 Å². The van der Waals surface area contributed by atoms with Gasteiger partial charge < -0.3 is 20.5 Å². The molecule has 0 fully saturated rings. The first-order chi connectivity index (χ1) is 8.65. The standard InChI is InChI=1S/C12H27N3O3/c1-4-14-11(12(13)16)10-15(7-9-18-3)6-5-8-17-2/h11,14H,4-10H2,1-3H3,(H2,13,16). The monoisotopic (exact) mass is 261 g/mol. The van der Waals surface area contributed by atoms with Crippen LogP contribution in [0.3, 0.4) is 0 Å². The van der Waals surface area contributed by atoms with Gasteiger partial charge in [0.2, 0.25) is 5.91 Å². The zero-order valence-corrected chi connectivity index (χ0v) is 11.8. The van der Waals surface area contributed by atoms with Crippen LogP contribution in [0.2, 0.25) is 0 Å². The van der Waals surface area contributed by atoms with Gasteiger partial charge in [0, 0.05) is 40.5 Å². The van der Waals surface area contributed by atoms with E-state index in [1.807, 2.05) is 6.92 Å². The molecule has 0 saturated carbocycles. The van der Waals surface area contributed by atoms with Crippen LogP contribution in [0.1, 0.15) is 13.3 Å². The van der Waals surface area contributed by atoms with Crippen molar-refractivity contribution in [2.24, 2.45) is 5.73 Å². The van der Waals surface area contributed by atoms with Crippen LogP contribution in [0, 0.1) is 0 Å². The first-order valence-corrected chi connectivity index (χ1v) is 6.38. The highest BCUT2D eigenvalue weighted by atomic mass is 16.5. The van der Waals surface area contributed by atoms with Crippen molar-refractivity contribution in [1.29, 1.82) is 0 Å². The van der Waals surface area contributed by atoms with Crippen molar-refractivity contribution in [2.75, 3.05) is 53.6 Å². The Hall–Kier alpha value is -0.690. The van der Waals surface area contributed by atoms with E-state index >= 15 is 0 Å². The van der Waals surface area contributed by atoms with Gasteiger partial charge in [-0.1, -0.05) is 6.92 Å². The fraction of sp³-hybridized carbons (Fsp3) is 0.917. The highest BCUT2D eigenvalue weighted by Gasteiger charge is 2.17. The van der Waals surface area contributed by atoms with Gasteiger partial charge in [0.05, 0.1) is 12.6 Å². The third kappa shape index (κ3) is 8.41. The van der Waals surface area contributed by atoms with Crippen molar-refractivity contribution in [1.82, 2.24) is 10.2 Å². The SMILES string of the molecule is CCNC(CN(CCCOC)CCOC)C(N)=O. The summed E-state index contributed by atoms with van der Waals surface area (Å²) in [5.41, 5.74) is 5.37. The van der Waals surface area contributed by atoms with Crippen LogP contribution in [0.15, 0.2) is 0 Å². The Morgan fingerprint density at radius 3 is 2.44 bits per heavy atom. The Morgan fingerprint density at radius 1 is 1.28 bits per heavy atom. The molecule has 0 rings (SSSR count). The minimum Gasteiger partial charge on any atom is -0.385 e. The van der Waals surface area contributed by atoms with Gasteiger partial charge in [-0.05, 0) is 13.0 Å². The molecule has 0 aromatic carbocycles. The zero-order chi connectivity index (χ0) is 13.8. The number of carbonyl (C=O) groups is 1. The van der Waals surface area contributed by atoms with E-state index in [1.165, 1.54) is 0 Å². The number of carbonyl (C=O) groups excluding carboxylic acids is 1. The fourth-order valence-electron chi connectivity index (χ4n) is 1.71. The molecular formula is C12H27N3O3. The smallest absolute Gasteiger partial charge is 0.235 e. The Labute approximate surface area is 110 Å². The third-order valence-electron chi connectivity index (χ3n) is 2.67. The number of amides is 1. The molecule has 0 aliphatic rings. The molecular weight excluding hydrogens is 234 g/mol. The van der Waals surface area contributed by atoms with Gasteiger partial charge in [0.1, 0.15) is 0 Å². The number of ether oxygens (including phenoxy) is 2. The lowest BCUT2D eigenvalue weighted by atomic mass is 10.2. The molecule has 1 amide bonds. The van der Waals surface area contributed by atoms with E-state index < -0.39 is 0 Å². The predicted octanol–water partition coefficient (Wildman–Crippen LogP) is -0.565. The lowest BCUT2D eigenvalue weighted by Crippen LogP contribution is -2.49. The molecule has 0 aromatic heterocycles. The molecule has 18 heavy (non-hydrogen) atoms. The first-order valence-electron chi connectivity index (χ1n) is 6.38. The Kier molecular flexibility index (Phi) is 11.0.